The quantitative estimate of drug-likeness (QED) is 0.317. The van der Waals surface area contributed by atoms with Crippen LogP contribution in [0.3, 0.4) is 0 Å². The summed E-state index contributed by atoms with van der Waals surface area (Å²) in [6.45, 7) is 0. The van der Waals surface area contributed by atoms with Crippen molar-refractivity contribution in [1.29, 1.82) is 0 Å². The molecule has 0 bridgehead atoms. The third-order valence-electron chi connectivity index (χ3n) is 5.04. The van der Waals surface area contributed by atoms with Crippen molar-refractivity contribution in [3.8, 4) is 22.7 Å². The Balaban J connectivity index is 1.60. The molecule has 0 spiro atoms. The number of carbonyl (C=O) groups excluding carboxylic acids is 1. The number of benzene rings is 2. The van der Waals surface area contributed by atoms with E-state index in [1.54, 1.807) is 31.4 Å². The van der Waals surface area contributed by atoms with E-state index in [1.807, 2.05) is 42.5 Å². The van der Waals surface area contributed by atoms with Crippen molar-refractivity contribution >= 4 is 33.0 Å². The number of nitrogens with one attached hydrogen (secondary N) is 1. The Morgan fingerprint density at radius 1 is 1.12 bits per heavy atom. The molecule has 0 saturated carbocycles. The average molecular weight is 445 g/mol. The van der Waals surface area contributed by atoms with Gasteiger partial charge in [0.1, 0.15) is 15.5 Å². The second-order valence-corrected chi connectivity index (χ2v) is 7.95. The number of aromatic nitrogens is 3. The van der Waals surface area contributed by atoms with E-state index in [1.165, 1.54) is 4.68 Å². The molecule has 0 radical (unpaired) electrons. The van der Waals surface area contributed by atoms with E-state index < -0.39 is 11.4 Å². The maximum Gasteiger partial charge on any atom is 0.439 e. The van der Waals surface area contributed by atoms with Crippen LogP contribution < -0.4 is 20.8 Å². The lowest BCUT2D eigenvalue weighted by molar-refractivity contribution is -0.672. The molecule has 158 valence electrons. The Morgan fingerprint density at radius 2 is 1.94 bits per heavy atom. The van der Waals surface area contributed by atoms with Crippen LogP contribution in [0, 0.1) is 0 Å². The van der Waals surface area contributed by atoms with Crippen LogP contribution in [-0.4, -0.2) is 23.1 Å². The Kier molecular flexibility index (Phi) is 4.79. The Labute approximate surface area is 185 Å². The summed E-state index contributed by atoms with van der Waals surface area (Å²) in [6.07, 6.45) is 0. The Hall–Kier alpha value is -4.24. The van der Waals surface area contributed by atoms with Crippen LogP contribution in [0.4, 0.5) is 5.69 Å². The predicted molar refractivity (Wildman–Crippen MR) is 120 cm³/mol. The van der Waals surface area contributed by atoms with E-state index in [2.05, 4.69) is 10.3 Å². The monoisotopic (exact) mass is 445 g/mol. The fourth-order valence-corrected chi connectivity index (χ4v) is 4.48. The van der Waals surface area contributed by atoms with Crippen molar-refractivity contribution in [2.24, 2.45) is 0 Å². The predicted octanol–water partition coefficient (Wildman–Crippen LogP) is 3.34. The van der Waals surface area contributed by atoms with Crippen LogP contribution in [0.15, 0.2) is 76.0 Å². The number of methoxy groups -OCH3 is 1. The summed E-state index contributed by atoms with van der Waals surface area (Å²) < 4.78 is 11.5. The number of nitrogens with two attached hydrogens (primary N) is 1. The highest BCUT2D eigenvalue weighted by Gasteiger charge is 2.34. The number of rotatable bonds is 5. The summed E-state index contributed by atoms with van der Waals surface area (Å²) in [7, 11) is 1.60. The van der Waals surface area contributed by atoms with Crippen LogP contribution in [0.1, 0.15) is 15.4 Å². The molecule has 0 amide bonds. The molecule has 3 N–H and O–H groups in total. The van der Waals surface area contributed by atoms with Gasteiger partial charge in [0.2, 0.25) is 5.69 Å². The summed E-state index contributed by atoms with van der Waals surface area (Å²) in [5.41, 5.74) is 7.81. The standard InChI is InChI=1S/C23H16N4O4S/c1-30-15-9-5-6-13(12-15)17-11-10-16-18(24)21(32-22(16)25-17)20(28)19-23(29)31-26-27(19)14-7-3-2-4-8-14/h2-12H,1H3,(H2-,24,26,28,29)/p+1. The number of H-pyrrole nitrogens is 1. The molecular formula is C23H17N4O4S+. The molecule has 9 heteroatoms. The van der Waals surface area contributed by atoms with Crippen LogP contribution >= 0.6 is 11.3 Å². The van der Waals surface area contributed by atoms with Crippen molar-refractivity contribution in [2.75, 3.05) is 12.8 Å². The largest absolute Gasteiger partial charge is 0.497 e. The number of pyridine rings is 1. The zero-order chi connectivity index (χ0) is 22.2. The van der Waals surface area contributed by atoms with Gasteiger partial charge < -0.3 is 10.5 Å². The van der Waals surface area contributed by atoms with Crippen LogP contribution in [0.25, 0.3) is 27.2 Å². The van der Waals surface area contributed by atoms with E-state index in [0.717, 1.165) is 28.3 Å². The molecule has 5 aromatic rings. The number of nitrogens with zero attached hydrogens (tertiary/aromatic N) is 2. The lowest BCUT2D eigenvalue weighted by atomic mass is 10.1. The number of carbonyl (C=O) groups is 1. The normalized spacial score (nSPS) is 11.0. The number of ether oxygens (including phenoxy) is 1. The summed E-state index contributed by atoms with van der Waals surface area (Å²) in [5.74, 6) is 0.183. The number of fused-ring (bicyclic) bond motifs is 1. The molecule has 0 fully saturated rings. The molecule has 0 aliphatic heterocycles. The molecule has 2 aromatic carbocycles. The van der Waals surface area contributed by atoms with Crippen molar-refractivity contribution < 1.29 is 18.7 Å². The first-order valence-corrected chi connectivity index (χ1v) is 10.5. The lowest BCUT2D eigenvalue weighted by Crippen LogP contribution is -2.41. The molecule has 8 nitrogen and oxygen atoms in total. The molecule has 32 heavy (non-hydrogen) atoms. The number of hydrogen-bond acceptors (Lipinski definition) is 7. The van der Waals surface area contributed by atoms with Crippen LogP contribution in [0.2, 0.25) is 0 Å². The van der Waals surface area contributed by atoms with Crippen molar-refractivity contribution in [2.45, 2.75) is 0 Å². The molecule has 5 rings (SSSR count). The number of thiophene rings is 1. The first kappa shape index (κ1) is 19.7. The maximum atomic E-state index is 13.3. The van der Waals surface area contributed by atoms with Gasteiger partial charge in [-0.15, -0.1) is 11.3 Å². The third kappa shape index (κ3) is 3.25. The molecule has 0 saturated heterocycles. The van der Waals surface area contributed by atoms with Crippen molar-refractivity contribution in [3.63, 3.8) is 0 Å². The van der Waals surface area contributed by atoms with Gasteiger partial charge >= 0.3 is 11.3 Å². The highest BCUT2D eigenvalue weighted by Crippen LogP contribution is 2.35. The van der Waals surface area contributed by atoms with Crippen LogP contribution in [-0.2, 0) is 0 Å². The van der Waals surface area contributed by atoms with Crippen molar-refractivity contribution in [3.05, 3.63) is 87.7 Å². The fourth-order valence-electron chi connectivity index (χ4n) is 3.44. The van der Waals surface area contributed by atoms with Gasteiger partial charge in [-0.05, 0) is 34.2 Å². The molecule has 3 aromatic heterocycles. The van der Waals surface area contributed by atoms with Gasteiger partial charge in [0.25, 0.3) is 5.78 Å². The summed E-state index contributed by atoms with van der Waals surface area (Å²) in [4.78, 5) is 31.2. The Morgan fingerprint density at radius 3 is 2.72 bits per heavy atom. The van der Waals surface area contributed by atoms with Gasteiger partial charge in [-0.25, -0.2) is 9.78 Å². The SMILES string of the molecule is COc1cccc(-c2ccc3c(N)c(C(=O)c4c(=O)o[nH][n+]4-c4ccccc4)sc3n2)c1. The maximum absolute atomic E-state index is 13.3. The lowest BCUT2D eigenvalue weighted by Gasteiger charge is -2.04. The van der Waals surface area contributed by atoms with Gasteiger partial charge in [0.15, 0.2) is 0 Å². The van der Waals surface area contributed by atoms with Crippen molar-refractivity contribution in [1.82, 2.24) is 10.3 Å². The highest BCUT2D eigenvalue weighted by molar-refractivity contribution is 7.21. The second kappa shape index (κ2) is 7.78. The molecule has 0 atom stereocenters. The highest BCUT2D eigenvalue weighted by atomic mass is 32.1. The summed E-state index contributed by atoms with van der Waals surface area (Å²) >= 11 is 1.14. The number of hydrogen-bond donors (Lipinski definition) is 2. The molecule has 0 aliphatic carbocycles. The van der Waals surface area contributed by atoms with E-state index in [9.17, 15) is 9.59 Å². The molecule has 0 unspecified atom stereocenters. The first-order valence-electron chi connectivity index (χ1n) is 9.64. The minimum Gasteiger partial charge on any atom is -0.497 e. The number of ketones is 1. The third-order valence-corrected chi connectivity index (χ3v) is 6.16. The summed E-state index contributed by atoms with van der Waals surface area (Å²) in [6, 6.07) is 20.1. The second-order valence-electron chi connectivity index (χ2n) is 6.96. The zero-order valence-corrected chi connectivity index (χ0v) is 17.7. The molecular weight excluding hydrogens is 428 g/mol. The number of nitrogen functional groups attached to an aromatic ring is 1. The van der Waals surface area contributed by atoms with E-state index >= 15 is 0 Å². The van der Waals surface area contributed by atoms with Gasteiger partial charge in [-0.2, -0.15) is 0 Å². The first-order chi connectivity index (χ1) is 15.6. The number of aromatic amines is 1. The van der Waals surface area contributed by atoms with E-state index in [4.69, 9.17) is 15.0 Å². The van der Waals surface area contributed by atoms with Gasteiger partial charge in [0, 0.05) is 23.1 Å². The van der Waals surface area contributed by atoms with Gasteiger partial charge in [0.05, 0.1) is 18.5 Å². The number of para-hydroxylation sites is 1. The van der Waals surface area contributed by atoms with E-state index in [-0.39, 0.29) is 16.3 Å². The molecule has 3 heterocycles. The average Bonchev–Trinajstić information content (AvgIpc) is 3.39. The summed E-state index contributed by atoms with van der Waals surface area (Å²) in [5, 5.41) is 3.13. The van der Waals surface area contributed by atoms with Gasteiger partial charge in [-0.1, -0.05) is 30.3 Å². The number of anilines is 1. The van der Waals surface area contributed by atoms with Crippen LogP contribution in [0.5, 0.6) is 5.75 Å². The minimum atomic E-state index is -0.777. The smallest absolute Gasteiger partial charge is 0.439 e. The topological polar surface area (TPSA) is 115 Å². The Bertz CT molecular complexity index is 1520. The van der Waals surface area contributed by atoms with Gasteiger partial charge in [-0.3, -0.25) is 9.32 Å². The van der Waals surface area contributed by atoms with E-state index in [0.29, 0.717) is 15.9 Å². The minimum absolute atomic E-state index is 0.164. The fraction of sp³-hybridized carbons (Fsp3) is 0.0435. The molecule has 0 aliphatic rings. The zero-order valence-electron chi connectivity index (χ0n) is 16.9.